The molecule has 4 aromatic rings. The average molecular weight is 609 g/mol. The summed E-state index contributed by atoms with van der Waals surface area (Å²) in [6.07, 6.45) is 4.63. The molecule has 11 nitrogen and oxygen atoms in total. The van der Waals surface area contributed by atoms with Crippen molar-refractivity contribution in [2.24, 2.45) is 5.92 Å². The number of nitrogens with one attached hydrogen (secondary N) is 2. The molecule has 0 spiro atoms. The number of hydrogen-bond acceptors (Lipinski definition) is 8. The summed E-state index contributed by atoms with van der Waals surface area (Å²) < 4.78 is 34.5. The van der Waals surface area contributed by atoms with Gasteiger partial charge < -0.3 is 26.5 Å². The number of fused-ring (bicyclic) bond motifs is 1. The van der Waals surface area contributed by atoms with Gasteiger partial charge in [-0.1, -0.05) is 37.6 Å². The molecule has 0 unspecified atom stereocenters. The number of carbonyl (C=O) groups excluding carboxylic acids is 1. The zero-order valence-electron chi connectivity index (χ0n) is 24.7. The average Bonchev–Trinajstić information content (AvgIpc) is 3.32. The highest BCUT2D eigenvalue weighted by Crippen LogP contribution is 2.23. The summed E-state index contributed by atoms with van der Waals surface area (Å²) in [5.41, 5.74) is 13.3. The van der Waals surface area contributed by atoms with Crippen LogP contribution in [0.5, 0.6) is 6.01 Å². The van der Waals surface area contributed by atoms with Crippen LogP contribution in [0.15, 0.2) is 41.2 Å². The van der Waals surface area contributed by atoms with Gasteiger partial charge >= 0.3 is 11.7 Å². The van der Waals surface area contributed by atoms with Gasteiger partial charge in [0.15, 0.2) is 11.5 Å². The number of aromatic amines is 1. The maximum Gasteiger partial charge on any atom is 0.328 e. The predicted octanol–water partition coefficient (Wildman–Crippen LogP) is 3.82. The Kier molecular flexibility index (Phi) is 9.73. The number of nitrogens with zero attached hydrogens (tertiary/aromatic N) is 4. The zero-order chi connectivity index (χ0) is 31.2. The molecule has 44 heavy (non-hydrogen) atoms. The van der Waals surface area contributed by atoms with E-state index in [9.17, 15) is 18.4 Å². The zero-order valence-corrected chi connectivity index (χ0v) is 24.7. The number of nitrogen functional groups attached to an aromatic ring is 2. The van der Waals surface area contributed by atoms with Crippen molar-refractivity contribution in [1.29, 1.82) is 0 Å². The summed E-state index contributed by atoms with van der Waals surface area (Å²) in [5, 5.41) is 2.75. The molecular weight excluding hydrogens is 570 g/mol. The largest absolute Gasteiger partial charge is 0.463 e. The van der Waals surface area contributed by atoms with Gasteiger partial charge in [0.1, 0.15) is 22.8 Å². The third kappa shape index (κ3) is 7.33. The van der Waals surface area contributed by atoms with Crippen LogP contribution in [-0.4, -0.2) is 56.6 Å². The molecule has 5 rings (SSSR count). The van der Waals surface area contributed by atoms with Crippen LogP contribution < -0.4 is 27.2 Å². The van der Waals surface area contributed by atoms with Crippen molar-refractivity contribution >= 4 is 28.6 Å². The topological polar surface area (TPSA) is 157 Å². The highest BCUT2D eigenvalue weighted by Gasteiger charge is 2.20. The molecule has 0 aliphatic carbocycles. The van der Waals surface area contributed by atoms with Crippen LogP contribution in [0.2, 0.25) is 0 Å². The quantitative estimate of drug-likeness (QED) is 0.140. The number of ether oxygens (including phenoxy) is 1. The second-order valence-electron chi connectivity index (χ2n) is 11.2. The highest BCUT2D eigenvalue weighted by atomic mass is 19.1. The molecule has 13 heteroatoms. The monoisotopic (exact) mass is 608 g/mol. The molecule has 1 aliphatic rings. The number of nitrogens with two attached hydrogens (primary N) is 2. The molecular formula is C31H38F2N8O3. The van der Waals surface area contributed by atoms with Gasteiger partial charge in [-0.15, -0.1) is 0 Å². The number of H-pyrrole nitrogens is 1. The smallest absolute Gasteiger partial charge is 0.328 e. The number of likely N-dealkylation sites (tertiary alicyclic amines) is 1. The van der Waals surface area contributed by atoms with E-state index in [1.165, 1.54) is 10.1 Å². The summed E-state index contributed by atoms with van der Waals surface area (Å²) in [6, 6.07) is 10.2. The Morgan fingerprint density at radius 1 is 1.07 bits per heavy atom. The summed E-state index contributed by atoms with van der Waals surface area (Å²) in [4.78, 5) is 38.7. The molecule has 1 fully saturated rings. The van der Waals surface area contributed by atoms with E-state index in [2.05, 4.69) is 44.2 Å². The lowest BCUT2D eigenvalue weighted by Gasteiger charge is -2.32. The molecule has 0 bridgehead atoms. The maximum atomic E-state index is 13.7. The lowest BCUT2D eigenvalue weighted by atomic mass is 9.93. The summed E-state index contributed by atoms with van der Waals surface area (Å²) >= 11 is 0. The molecule has 2 aromatic heterocycles. The molecule has 3 heterocycles. The Balaban J connectivity index is 1.10. The van der Waals surface area contributed by atoms with Crippen LogP contribution in [-0.2, 0) is 13.1 Å². The van der Waals surface area contributed by atoms with Crippen molar-refractivity contribution in [3.63, 3.8) is 0 Å². The lowest BCUT2D eigenvalue weighted by molar-refractivity contribution is 0.0946. The van der Waals surface area contributed by atoms with Crippen molar-refractivity contribution in [3.05, 3.63) is 75.2 Å². The van der Waals surface area contributed by atoms with Crippen LogP contribution in [0.1, 0.15) is 60.5 Å². The number of halogens is 2. The van der Waals surface area contributed by atoms with Crippen LogP contribution >= 0.6 is 0 Å². The maximum absolute atomic E-state index is 13.7. The van der Waals surface area contributed by atoms with Crippen molar-refractivity contribution < 1.29 is 18.3 Å². The van der Waals surface area contributed by atoms with E-state index in [1.54, 1.807) is 0 Å². The standard InChI is InChI=1S/C31H38F2N8O3/c1-2-3-14-44-30-38-27(35)26-28(39-30)41(31(43)37-26)18-21-6-4-20(5-7-21)17-40-12-9-19(10-13-40)8-11-36-29(42)22-15-23(32)25(34)24(33)16-22/h4-7,15-16,19H,2-3,8-14,17-18,34H2,1H3,(H,36,42)(H,37,43)(H2,35,38,39). The van der Waals surface area contributed by atoms with Crippen LogP contribution in [0.25, 0.3) is 11.2 Å². The Hall–Kier alpha value is -4.52. The van der Waals surface area contributed by atoms with Gasteiger partial charge in [-0.05, 0) is 68.0 Å². The molecule has 0 saturated carbocycles. The Morgan fingerprint density at radius 2 is 1.73 bits per heavy atom. The van der Waals surface area contributed by atoms with E-state index in [0.717, 1.165) is 69.4 Å². The highest BCUT2D eigenvalue weighted by molar-refractivity contribution is 5.94. The first-order valence-corrected chi connectivity index (χ1v) is 14.9. The third-order valence-electron chi connectivity index (χ3n) is 8.02. The second kappa shape index (κ2) is 13.8. The normalized spacial score (nSPS) is 14.2. The molecule has 0 radical (unpaired) electrons. The predicted molar refractivity (Wildman–Crippen MR) is 164 cm³/mol. The van der Waals surface area contributed by atoms with Crippen molar-refractivity contribution in [1.82, 2.24) is 29.7 Å². The van der Waals surface area contributed by atoms with E-state index in [0.29, 0.717) is 36.8 Å². The van der Waals surface area contributed by atoms with Gasteiger partial charge in [-0.3, -0.25) is 14.3 Å². The van der Waals surface area contributed by atoms with Crippen molar-refractivity contribution in [3.8, 4) is 6.01 Å². The number of anilines is 2. The molecule has 6 N–H and O–H groups in total. The van der Waals surface area contributed by atoms with E-state index in [1.807, 2.05) is 12.1 Å². The minimum atomic E-state index is -0.940. The summed E-state index contributed by atoms with van der Waals surface area (Å²) in [6.45, 7) is 5.98. The minimum absolute atomic E-state index is 0.0799. The molecule has 2 aromatic carbocycles. The van der Waals surface area contributed by atoms with Crippen molar-refractivity contribution in [2.45, 2.75) is 52.1 Å². The summed E-state index contributed by atoms with van der Waals surface area (Å²) in [7, 11) is 0. The van der Waals surface area contributed by atoms with E-state index in [4.69, 9.17) is 16.2 Å². The fraction of sp³-hybridized carbons (Fsp3) is 0.419. The second-order valence-corrected chi connectivity index (χ2v) is 11.2. The number of unbranched alkanes of at least 4 members (excludes halogenated alkanes) is 1. The van der Waals surface area contributed by atoms with Crippen molar-refractivity contribution in [2.75, 3.05) is 37.7 Å². The first kappa shape index (κ1) is 30.9. The van der Waals surface area contributed by atoms with E-state index < -0.39 is 23.2 Å². The lowest BCUT2D eigenvalue weighted by Crippen LogP contribution is -2.35. The number of rotatable bonds is 12. The Bertz CT molecular complexity index is 1640. The SMILES string of the molecule is CCCCOc1nc(N)c2[nH]c(=O)n(Cc3ccc(CN4CCC(CCNC(=O)c5cc(F)c(N)c(F)c5)CC4)cc3)c2n1. The number of imidazole rings is 1. The Morgan fingerprint density at radius 3 is 2.39 bits per heavy atom. The number of benzene rings is 2. The molecule has 1 amide bonds. The Labute approximate surface area is 253 Å². The molecule has 0 atom stereocenters. The van der Waals surface area contributed by atoms with Gasteiger partial charge in [0.2, 0.25) is 0 Å². The fourth-order valence-electron chi connectivity index (χ4n) is 5.38. The number of aromatic nitrogens is 4. The number of hydrogen-bond donors (Lipinski definition) is 4. The first-order valence-electron chi connectivity index (χ1n) is 14.9. The van der Waals surface area contributed by atoms with Gasteiger partial charge in [0.05, 0.1) is 13.2 Å². The van der Waals surface area contributed by atoms with Gasteiger partial charge in [-0.2, -0.15) is 9.97 Å². The van der Waals surface area contributed by atoms with E-state index in [-0.39, 0.29) is 23.1 Å². The number of amides is 1. The molecule has 1 aliphatic heterocycles. The number of piperidine rings is 1. The van der Waals surface area contributed by atoms with Crippen LogP contribution in [0.3, 0.4) is 0 Å². The van der Waals surface area contributed by atoms with E-state index >= 15 is 0 Å². The number of carbonyl (C=O) groups is 1. The fourth-order valence-corrected chi connectivity index (χ4v) is 5.38. The molecule has 1 saturated heterocycles. The third-order valence-corrected chi connectivity index (χ3v) is 8.02. The van der Waals surface area contributed by atoms with Gasteiger partial charge in [0, 0.05) is 18.7 Å². The van der Waals surface area contributed by atoms with Crippen LogP contribution in [0.4, 0.5) is 20.3 Å². The van der Waals surface area contributed by atoms with Gasteiger partial charge in [0.25, 0.3) is 5.91 Å². The van der Waals surface area contributed by atoms with Crippen LogP contribution in [0, 0.1) is 17.6 Å². The minimum Gasteiger partial charge on any atom is -0.463 e. The molecule has 234 valence electrons. The van der Waals surface area contributed by atoms with Gasteiger partial charge in [-0.25, -0.2) is 13.6 Å². The first-order chi connectivity index (χ1) is 21.2. The summed E-state index contributed by atoms with van der Waals surface area (Å²) in [5.74, 6) is -1.77.